The van der Waals surface area contributed by atoms with Crippen LogP contribution < -0.4 is 0 Å². The third kappa shape index (κ3) is 3.06. The third-order valence-corrected chi connectivity index (χ3v) is 3.07. The fourth-order valence-corrected chi connectivity index (χ4v) is 1.85. The van der Waals surface area contributed by atoms with Gasteiger partial charge >= 0.3 is 0 Å². The minimum atomic E-state index is -0.381. The number of thioether (sulfide) groups is 1. The number of hydrogen-bond acceptors (Lipinski definition) is 4. The first-order valence-electron chi connectivity index (χ1n) is 5.48. The van der Waals surface area contributed by atoms with E-state index < -0.39 is 0 Å². The van der Waals surface area contributed by atoms with Gasteiger partial charge in [-0.1, -0.05) is 18.3 Å². The van der Waals surface area contributed by atoms with E-state index in [9.17, 15) is 9.18 Å². The molecule has 1 heterocycles. The van der Waals surface area contributed by atoms with Crippen LogP contribution in [0.3, 0.4) is 0 Å². The molecule has 0 amide bonds. The predicted molar refractivity (Wildman–Crippen MR) is 73.6 cm³/mol. The molecule has 0 atom stereocenters. The highest BCUT2D eigenvalue weighted by atomic mass is 32.2. The zero-order chi connectivity index (χ0) is 13.8. The zero-order valence-electron chi connectivity index (χ0n) is 10.3. The van der Waals surface area contributed by atoms with Crippen LogP contribution in [-0.4, -0.2) is 22.0 Å². The van der Waals surface area contributed by atoms with E-state index in [0.29, 0.717) is 16.4 Å². The molecule has 0 spiro atoms. The van der Waals surface area contributed by atoms with Gasteiger partial charge in [0.05, 0.1) is 5.69 Å². The Hall–Kier alpha value is -2.01. The summed E-state index contributed by atoms with van der Waals surface area (Å²) in [5.41, 5.74) is 1.13. The topological polar surface area (TPSA) is 42.9 Å². The van der Waals surface area contributed by atoms with Gasteiger partial charge in [0.25, 0.3) is 0 Å². The lowest BCUT2D eigenvalue weighted by Gasteiger charge is -2.05. The maximum Gasteiger partial charge on any atom is 0.194 e. The molecule has 96 valence electrons. The lowest BCUT2D eigenvalue weighted by atomic mass is 10.0. The molecule has 0 fully saturated rings. The van der Waals surface area contributed by atoms with Gasteiger partial charge in [-0.2, -0.15) is 0 Å². The van der Waals surface area contributed by atoms with Crippen LogP contribution in [0.5, 0.6) is 0 Å². The van der Waals surface area contributed by atoms with Crippen LogP contribution in [0.25, 0.3) is 5.57 Å². The molecule has 0 saturated heterocycles. The average molecular weight is 274 g/mol. The normalized spacial score (nSPS) is 10.2. The molecule has 2 rings (SSSR count). The molecular formula is C14H11FN2OS. The van der Waals surface area contributed by atoms with Gasteiger partial charge < -0.3 is 0 Å². The predicted octanol–water partition coefficient (Wildman–Crippen LogP) is 3.23. The van der Waals surface area contributed by atoms with Crippen LogP contribution in [0, 0.1) is 5.82 Å². The molecule has 0 aliphatic heterocycles. The highest BCUT2D eigenvalue weighted by Crippen LogP contribution is 2.18. The van der Waals surface area contributed by atoms with Gasteiger partial charge in [0, 0.05) is 17.3 Å². The summed E-state index contributed by atoms with van der Waals surface area (Å²) in [5, 5.41) is 0.575. The van der Waals surface area contributed by atoms with Gasteiger partial charge in [-0.15, -0.1) is 0 Å². The molecule has 0 radical (unpaired) electrons. The number of rotatable bonds is 4. The Bertz CT molecular complexity index is 626. The van der Waals surface area contributed by atoms with Crippen molar-refractivity contribution in [2.24, 2.45) is 0 Å². The maximum absolute atomic E-state index is 12.8. The number of benzene rings is 1. The Morgan fingerprint density at radius 1 is 1.26 bits per heavy atom. The van der Waals surface area contributed by atoms with E-state index in [1.165, 1.54) is 36.0 Å². The van der Waals surface area contributed by atoms with Crippen molar-refractivity contribution >= 4 is 23.1 Å². The van der Waals surface area contributed by atoms with Crippen LogP contribution in [0.2, 0.25) is 0 Å². The van der Waals surface area contributed by atoms with Gasteiger partial charge in [-0.05, 0) is 36.6 Å². The highest BCUT2D eigenvalue weighted by Gasteiger charge is 2.14. The van der Waals surface area contributed by atoms with Crippen molar-refractivity contribution in [2.45, 2.75) is 5.16 Å². The van der Waals surface area contributed by atoms with Crippen molar-refractivity contribution in [3.05, 3.63) is 60.2 Å². The van der Waals surface area contributed by atoms with E-state index in [0.717, 1.165) is 0 Å². The van der Waals surface area contributed by atoms with Crippen molar-refractivity contribution in [1.82, 2.24) is 9.97 Å². The summed E-state index contributed by atoms with van der Waals surface area (Å²) in [5.74, 6) is -0.653. The second kappa shape index (κ2) is 5.75. The second-order valence-corrected chi connectivity index (χ2v) is 4.52. The summed E-state index contributed by atoms with van der Waals surface area (Å²) in [4.78, 5) is 20.4. The van der Waals surface area contributed by atoms with E-state index in [4.69, 9.17) is 0 Å². The van der Waals surface area contributed by atoms with Crippen molar-refractivity contribution in [1.29, 1.82) is 0 Å². The molecule has 0 bridgehead atoms. The van der Waals surface area contributed by atoms with Crippen molar-refractivity contribution in [2.75, 3.05) is 6.26 Å². The number of hydrogen-bond donors (Lipinski definition) is 0. The van der Waals surface area contributed by atoms with E-state index >= 15 is 0 Å². The summed E-state index contributed by atoms with van der Waals surface area (Å²) in [7, 11) is 0. The number of Topliss-reactive ketones (excluding diaryl/α,β-unsaturated/α-hetero) is 1. The first-order chi connectivity index (χ1) is 9.11. The Morgan fingerprint density at radius 3 is 2.58 bits per heavy atom. The van der Waals surface area contributed by atoms with Crippen LogP contribution in [-0.2, 0) is 0 Å². The van der Waals surface area contributed by atoms with Gasteiger partial charge in [-0.3, -0.25) is 4.79 Å². The zero-order valence-corrected chi connectivity index (χ0v) is 11.1. The number of carbonyl (C=O) groups excluding carboxylic acids is 1. The quantitative estimate of drug-likeness (QED) is 0.371. The van der Waals surface area contributed by atoms with E-state index in [1.807, 2.05) is 6.26 Å². The van der Waals surface area contributed by atoms with Gasteiger partial charge in [0.15, 0.2) is 10.9 Å². The molecule has 0 N–H and O–H groups in total. The number of ketones is 1. The number of nitrogens with zero attached hydrogens (tertiary/aromatic N) is 2. The van der Waals surface area contributed by atoms with Crippen LogP contribution in [0.4, 0.5) is 4.39 Å². The number of carbonyl (C=O) groups is 1. The van der Waals surface area contributed by atoms with Gasteiger partial charge in [-0.25, -0.2) is 14.4 Å². The smallest absolute Gasteiger partial charge is 0.194 e. The molecule has 5 heteroatoms. The number of halogens is 1. The Balaban J connectivity index is 2.28. The molecule has 19 heavy (non-hydrogen) atoms. The molecule has 1 aromatic heterocycles. The summed E-state index contributed by atoms with van der Waals surface area (Å²) in [6, 6.07) is 6.98. The van der Waals surface area contributed by atoms with E-state index in [2.05, 4.69) is 16.5 Å². The van der Waals surface area contributed by atoms with Gasteiger partial charge in [0.1, 0.15) is 5.82 Å². The van der Waals surface area contributed by atoms with Gasteiger partial charge in [0.2, 0.25) is 0 Å². The molecule has 3 nitrogen and oxygen atoms in total. The lowest BCUT2D eigenvalue weighted by molar-refractivity contribution is 0.105. The van der Waals surface area contributed by atoms with Crippen molar-refractivity contribution in [3.63, 3.8) is 0 Å². The monoisotopic (exact) mass is 274 g/mol. The number of aromatic nitrogens is 2. The van der Waals surface area contributed by atoms with Crippen molar-refractivity contribution < 1.29 is 9.18 Å². The summed E-state index contributed by atoms with van der Waals surface area (Å²) < 4.78 is 12.8. The Kier molecular flexibility index (Phi) is 4.06. The fourth-order valence-electron chi connectivity index (χ4n) is 1.50. The molecule has 0 unspecified atom stereocenters. The standard InChI is InChI=1S/C14H11FN2OS/c1-9(12-7-8-16-14(17-12)19-2)13(18)10-3-5-11(15)6-4-10/h3-8H,1H2,2H3. The number of allylic oxidation sites excluding steroid dienone is 1. The van der Waals surface area contributed by atoms with E-state index in [-0.39, 0.29) is 17.2 Å². The molecule has 0 aliphatic carbocycles. The minimum absolute atomic E-state index is 0.268. The second-order valence-electron chi connectivity index (χ2n) is 3.74. The lowest BCUT2D eigenvalue weighted by Crippen LogP contribution is -2.04. The highest BCUT2D eigenvalue weighted by molar-refractivity contribution is 7.98. The first-order valence-corrected chi connectivity index (χ1v) is 6.71. The summed E-state index contributed by atoms with van der Waals surface area (Å²) in [6.45, 7) is 3.76. The molecule has 2 aromatic rings. The molecule has 0 aliphatic rings. The first kappa shape index (κ1) is 13.4. The molecule has 0 saturated carbocycles. The van der Waals surface area contributed by atoms with Crippen LogP contribution >= 0.6 is 11.8 Å². The van der Waals surface area contributed by atoms with Crippen molar-refractivity contribution in [3.8, 4) is 0 Å². The Labute approximate surface area is 114 Å². The summed E-state index contributed by atoms with van der Waals surface area (Å²) >= 11 is 1.39. The summed E-state index contributed by atoms with van der Waals surface area (Å²) in [6.07, 6.45) is 3.43. The SMILES string of the molecule is C=C(C(=O)c1ccc(F)cc1)c1ccnc(SC)n1. The van der Waals surface area contributed by atoms with Crippen LogP contribution in [0.15, 0.2) is 48.3 Å². The molecular weight excluding hydrogens is 263 g/mol. The average Bonchev–Trinajstić information content (AvgIpc) is 2.46. The third-order valence-electron chi connectivity index (χ3n) is 2.51. The van der Waals surface area contributed by atoms with Crippen LogP contribution in [0.1, 0.15) is 16.1 Å². The van der Waals surface area contributed by atoms with E-state index in [1.54, 1.807) is 12.3 Å². The maximum atomic E-state index is 12.8. The fraction of sp³-hybridized carbons (Fsp3) is 0.0714. The minimum Gasteiger partial charge on any atom is -0.289 e. The Morgan fingerprint density at radius 2 is 1.95 bits per heavy atom. The largest absolute Gasteiger partial charge is 0.289 e. The molecule has 1 aromatic carbocycles.